The highest BCUT2D eigenvalue weighted by atomic mass is 16.5. The van der Waals surface area contributed by atoms with Gasteiger partial charge in [0.15, 0.2) is 0 Å². The van der Waals surface area contributed by atoms with Crippen LogP contribution in [0.5, 0.6) is 0 Å². The van der Waals surface area contributed by atoms with Gasteiger partial charge in [-0.25, -0.2) is 4.79 Å². The molecule has 0 atom stereocenters. The third-order valence-corrected chi connectivity index (χ3v) is 1.99. The fourth-order valence-corrected chi connectivity index (χ4v) is 1.23. The Hall–Kier alpha value is -2.24. The first kappa shape index (κ1) is 10.3. The Balaban J connectivity index is 2.12. The van der Waals surface area contributed by atoms with Crippen LogP contribution in [0.2, 0.25) is 0 Å². The zero-order valence-electron chi connectivity index (χ0n) is 8.70. The maximum absolute atomic E-state index is 11.1. The first-order valence-electron chi connectivity index (χ1n) is 4.69. The number of methoxy groups -OCH3 is 1. The summed E-state index contributed by atoms with van der Waals surface area (Å²) >= 11 is 0. The predicted molar refractivity (Wildman–Crippen MR) is 54.7 cm³/mol. The van der Waals surface area contributed by atoms with Gasteiger partial charge < -0.3 is 4.74 Å². The molecule has 0 N–H and O–H groups in total. The van der Waals surface area contributed by atoms with Crippen molar-refractivity contribution in [2.24, 2.45) is 0 Å². The van der Waals surface area contributed by atoms with Crippen molar-refractivity contribution in [3.63, 3.8) is 0 Å². The molecule has 0 fully saturated rings. The minimum Gasteiger partial charge on any atom is -0.463 e. The summed E-state index contributed by atoms with van der Waals surface area (Å²) in [7, 11) is 1.28. The molecule has 0 unspecified atom stereocenters. The van der Waals surface area contributed by atoms with Crippen molar-refractivity contribution >= 4 is 5.97 Å². The van der Waals surface area contributed by atoms with Crippen LogP contribution in [0, 0.1) is 0 Å². The minimum atomic E-state index is -0.584. The van der Waals surface area contributed by atoms with Crippen LogP contribution < -0.4 is 0 Å². The summed E-state index contributed by atoms with van der Waals surface area (Å²) in [4.78, 5) is 12.4. The summed E-state index contributed by atoms with van der Waals surface area (Å²) in [6.45, 7) is 0.477. The monoisotopic (exact) mass is 218 g/mol. The Morgan fingerprint density at radius 1 is 1.38 bits per heavy atom. The maximum atomic E-state index is 11.1. The zero-order chi connectivity index (χ0) is 11.4. The first-order chi connectivity index (χ1) is 7.79. The largest absolute Gasteiger partial charge is 0.463 e. The van der Waals surface area contributed by atoms with Crippen LogP contribution >= 0.6 is 0 Å². The van der Waals surface area contributed by atoms with Crippen molar-refractivity contribution in [1.29, 1.82) is 0 Å². The van der Waals surface area contributed by atoms with E-state index in [9.17, 15) is 4.79 Å². The number of tetrazole rings is 1. The molecular weight excluding hydrogens is 208 g/mol. The average molecular weight is 218 g/mol. The van der Waals surface area contributed by atoms with E-state index in [1.807, 2.05) is 30.3 Å². The molecule has 2 rings (SSSR count). The van der Waals surface area contributed by atoms with Gasteiger partial charge in [-0.05, 0) is 10.8 Å². The van der Waals surface area contributed by atoms with Crippen LogP contribution in [0.15, 0.2) is 30.3 Å². The molecule has 2 aromatic rings. The average Bonchev–Trinajstić information content (AvgIpc) is 2.78. The van der Waals surface area contributed by atoms with Crippen molar-refractivity contribution in [1.82, 2.24) is 20.2 Å². The van der Waals surface area contributed by atoms with E-state index in [0.29, 0.717) is 6.54 Å². The van der Waals surface area contributed by atoms with Crippen molar-refractivity contribution in [2.75, 3.05) is 7.11 Å². The van der Waals surface area contributed by atoms with Crippen LogP contribution in [-0.4, -0.2) is 33.3 Å². The third-order valence-electron chi connectivity index (χ3n) is 1.99. The van der Waals surface area contributed by atoms with Crippen molar-refractivity contribution in [3.8, 4) is 0 Å². The molecule has 16 heavy (non-hydrogen) atoms. The van der Waals surface area contributed by atoms with Crippen LogP contribution in [0.1, 0.15) is 16.2 Å². The SMILES string of the molecule is COC(=O)c1nnn(Cc2ccccc2)n1. The molecule has 1 aromatic carbocycles. The molecule has 0 radical (unpaired) electrons. The summed E-state index contributed by atoms with van der Waals surface area (Å²) in [5.74, 6) is -0.613. The van der Waals surface area contributed by atoms with Crippen LogP contribution in [0.25, 0.3) is 0 Å². The van der Waals surface area contributed by atoms with Crippen LogP contribution in [0.4, 0.5) is 0 Å². The van der Waals surface area contributed by atoms with Gasteiger partial charge in [-0.15, -0.1) is 10.2 Å². The van der Waals surface area contributed by atoms with E-state index in [1.54, 1.807) is 0 Å². The van der Waals surface area contributed by atoms with Crippen molar-refractivity contribution in [2.45, 2.75) is 6.54 Å². The molecule has 1 aromatic heterocycles. The van der Waals surface area contributed by atoms with E-state index < -0.39 is 5.97 Å². The second-order valence-electron chi connectivity index (χ2n) is 3.12. The lowest BCUT2D eigenvalue weighted by atomic mass is 10.2. The Morgan fingerprint density at radius 3 is 2.81 bits per heavy atom. The number of hydrogen-bond donors (Lipinski definition) is 0. The van der Waals surface area contributed by atoms with E-state index in [0.717, 1.165) is 5.56 Å². The molecule has 6 heteroatoms. The van der Waals surface area contributed by atoms with E-state index in [4.69, 9.17) is 0 Å². The molecule has 6 nitrogen and oxygen atoms in total. The summed E-state index contributed by atoms with van der Waals surface area (Å²) < 4.78 is 4.48. The van der Waals surface area contributed by atoms with E-state index in [-0.39, 0.29) is 5.82 Å². The normalized spacial score (nSPS) is 10.1. The Kier molecular flexibility index (Phi) is 2.90. The Morgan fingerprint density at radius 2 is 2.12 bits per heavy atom. The molecule has 0 spiro atoms. The topological polar surface area (TPSA) is 69.9 Å². The molecule has 0 saturated carbocycles. The lowest BCUT2D eigenvalue weighted by molar-refractivity contribution is 0.0586. The first-order valence-corrected chi connectivity index (χ1v) is 4.69. The Bertz CT molecular complexity index is 481. The number of carbonyl (C=O) groups excluding carboxylic acids is 1. The summed E-state index contributed by atoms with van der Waals surface area (Å²) in [6, 6.07) is 9.67. The molecule has 0 aliphatic carbocycles. The molecular formula is C10H10N4O2. The molecule has 0 bridgehead atoms. The quantitative estimate of drug-likeness (QED) is 0.702. The van der Waals surface area contributed by atoms with Crippen molar-refractivity contribution < 1.29 is 9.53 Å². The van der Waals surface area contributed by atoms with E-state index in [2.05, 4.69) is 20.1 Å². The standard InChI is InChI=1S/C10H10N4O2/c1-16-10(15)9-11-13-14(12-9)7-8-5-3-2-4-6-8/h2-6H,7H2,1H3. The number of benzene rings is 1. The number of aromatic nitrogens is 4. The Labute approximate surface area is 91.8 Å². The number of rotatable bonds is 3. The lowest BCUT2D eigenvalue weighted by Crippen LogP contribution is -2.07. The van der Waals surface area contributed by atoms with E-state index in [1.165, 1.54) is 11.9 Å². The molecule has 82 valence electrons. The van der Waals surface area contributed by atoms with Crippen molar-refractivity contribution in [3.05, 3.63) is 41.7 Å². The second kappa shape index (κ2) is 4.52. The van der Waals surface area contributed by atoms with Gasteiger partial charge in [0, 0.05) is 0 Å². The predicted octanol–water partition coefficient (Wildman–Crippen LogP) is 0.508. The highest BCUT2D eigenvalue weighted by Crippen LogP contribution is 2.00. The fourth-order valence-electron chi connectivity index (χ4n) is 1.23. The van der Waals surface area contributed by atoms with Gasteiger partial charge in [-0.3, -0.25) is 0 Å². The van der Waals surface area contributed by atoms with Crippen LogP contribution in [0.3, 0.4) is 0 Å². The van der Waals surface area contributed by atoms with Gasteiger partial charge in [0.2, 0.25) is 0 Å². The van der Waals surface area contributed by atoms with Crippen LogP contribution in [-0.2, 0) is 11.3 Å². The zero-order valence-corrected chi connectivity index (χ0v) is 8.70. The van der Waals surface area contributed by atoms with Gasteiger partial charge in [0.05, 0.1) is 13.7 Å². The number of carbonyl (C=O) groups is 1. The van der Waals surface area contributed by atoms with Gasteiger partial charge >= 0.3 is 5.97 Å². The smallest absolute Gasteiger partial charge is 0.379 e. The highest BCUT2D eigenvalue weighted by Gasteiger charge is 2.12. The third kappa shape index (κ3) is 2.22. The van der Waals surface area contributed by atoms with E-state index >= 15 is 0 Å². The molecule has 1 heterocycles. The summed E-state index contributed by atoms with van der Waals surface area (Å²) in [5, 5.41) is 11.2. The van der Waals surface area contributed by atoms with Gasteiger partial charge in [-0.1, -0.05) is 30.3 Å². The molecule has 0 aliphatic heterocycles. The number of ether oxygens (including phenoxy) is 1. The highest BCUT2D eigenvalue weighted by molar-refractivity contribution is 5.84. The minimum absolute atomic E-state index is 0.0292. The van der Waals surface area contributed by atoms with Gasteiger partial charge in [-0.2, -0.15) is 4.80 Å². The second-order valence-corrected chi connectivity index (χ2v) is 3.12. The number of nitrogens with zero attached hydrogens (tertiary/aromatic N) is 4. The number of hydrogen-bond acceptors (Lipinski definition) is 5. The molecule has 0 saturated heterocycles. The molecule has 0 aliphatic rings. The lowest BCUT2D eigenvalue weighted by Gasteiger charge is -1.97. The van der Waals surface area contributed by atoms with Gasteiger partial charge in [0.1, 0.15) is 0 Å². The maximum Gasteiger partial charge on any atom is 0.379 e. The van der Waals surface area contributed by atoms with Gasteiger partial charge in [0.25, 0.3) is 5.82 Å². The molecule has 0 amide bonds. The summed E-state index contributed by atoms with van der Waals surface area (Å²) in [5.41, 5.74) is 1.04. The summed E-state index contributed by atoms with van der Waals surface area (Å²) in [6.07, 6.45) is 0. The number of esters is 1. The fraction of sp³-hybridized carbons (Fsp3) is 0.200.